The van der Waals surface area contributed by atoms with Crippen molar-refractivity contribution in [3.8, 4) is 0 Å². The summed E-state index contributed by atoms with van der Waals surface area (Å²) < 4.78 is 0. The molecule has 2 rings (SSSR count). The van der Waals surface area contributed by atoms with E-state index in [-0.39, 0.29) is 5.91 Å². The number of hydrogen-bond acceptors (Lipinski definition) is 3. The molecule has 2 N–H and O–H groups in total. The molecule has 1 heterocycles. The fraction of sp³-hybridized carbons (Fsp3) is 0.0833. The highest BCUT2D eigenvalue weighted by atomic mass is 35.5. The monoisotopic (exact) mass is 262 g/mol. The van der Waals surface area contributed by atoms with Crippen LogP contribution in [0.2, 0.25) is 5.02 Å². The summed E-state index contributed by atoms with van der Waals surface area (Å²) in [6.45, 7) is 1.82. The standard InChI is InChI=1S/C12H11ClN4O/c1-8-6-11(16-15-8)12(18)17-14-7-9-4-2-3-5-10(9)13/h2-7H,1H3,(H,15,16)(H,17,18). The van der Waals surface area contributed by atoms with Crippen LogP contribution in [0.25, 0.3) is 0 Å². The molecule has 0 bridgehead atoms. The molecule has 0 saturated heterocycles. The number of aromatic amines is 1. The molecule has 0 unspecified atom stereocenters. The second kappa shape index (κ2) is 5.46. The van der Waals surface area contributed by atoms with Crippen LogP contribution < -0.4 is 5.43 Å². The Morgan fingerprint density at radius 3 is 2.94 bits per heavy atom. The normalized spacial score (nSPS) is 10.8. The van der Waals surface area contributed by atoms with E-state index >= 15 is 0 Å². The van der Waals surface area contributed by atoms with Crippen LogP contribution in [0.3, 0.4) is 0 Å². The van der Waals surface area contributed by atoms with E-state index in [2.05, 4.69) is 20.7 Å². The number of hydrazone groups is 1. The van der Waals surface area contributed by atoms with Gasteiger partial charge in [-0.3, -0.25) is 9.89 Å². The topological polar surface area (TPSA) is 70.1 Å². The first kappa shape index (κ1) is 12.3. The molecule has 5 nitrogen and oxygen atoms in total. The summed E-state index contributed by atoms with van der Waals surface area (Å²) >= 11 is 5.94. The lowest BCUT2D eigenvalue weighted by Crippen LogP contribution is -2.18. The van der Waals surface area contributed by atoms with Crippen LogP contribution in [-0.4, -0.2) is 22.3 Å². The number of halogens is 1. The van der Waals surface area contributed by atoms with Crippen LogP contribution >= 0.6 is 11.6 Å². The molecule has 0 saturated carbocycles. The molecule has 6 heteroatoms. The molecule has 0 spiro atoms. The molecular formula is C12H11ClN4O. The number of H-pyrrole nitrogens is 1. The number of hydrogen-bond donors (Lipinski definition) is 2. The molecule has 1 aromatic carbocycles. The Bertz CT molecular complexity index is 591. The van der Waals surface area contributed by atoms with Crippen molar-refractivity contribution in [3.05, 3.63) is 52.3 Å². The number of amides is 1. The number of aryl methyl sites for hydroxylation is 1. The number of nitrogens with zero attached hydrogens (tertiary/aromatic N) is 2. The van der Waals surface area contributed by atoms with Gasteiger partial charge in [0.2, 0.25) is 0 Å². The maximum atomic E-state index is 11.6. The third kappa shape index (κ3) is 2.95. The second-order valence-corrected chi connectivity index (χ2v) is 4.06. The van der Waals surface area contributed by atoms with Crippen molar-refractivity contribution < 1.29 is 4.79 Å². The van der Waals surface area contributed by atoms with Crippen LogP contribution in [0.1, 0.15) is 21.7 Å². The van der Waals surface area contributed by atoms with Gasteiger partial charge >= 0.3 is 0 Å². The van der Waals surface area contributed by atoms with E-state index in [4.69, 9.17) is 11.6 Å². The van der Waals surface area contributed by atoms with Gasteiger partial charge in [-0.1, -0.05) is 29.8 Å². The van der Waals surface area contributed by atoms with Gasteiger partial charge in [0.05, 0.1) is 6.21 Å². The number of carbonyl (C=O) groups is 1. The quantitative estimate of drug-likeness (QED) is 0.657. The highest BCUT2D eigenvalue weighted by Gasteiger charge is 2.07. The fourth-order valence-corrected chi connectivity index (χ4v) is 1.52. The molecule has 2 aromatic rings. The van der Waals surface area contributed by atoms with Gasteiger partial charge in [0, 0.05) is 16.3 Å². The van der Waals surface area contributed by atoms with E-state index < -0.39 is 0 Å². The predicted octanol–water partition coefficient (Wildman–Crippen LogP) is 2.14. The van der Waals surface area contributed by atoms with Gasteiger partial charge in [0.15, 0.2) is 5.69 Å². The van der Waals surface area contributed by atoms with Crippen molar-refractivity contribution in [2.45, 2.75) is 6.92 Å². The predicted molar refractivity (Wildman–Crippen MR) is 69.8 cm³/mol. The van der Waals surface area contributed by atoms with Crippen LogP contribution in [0.5, 0.6) is 0 Å². The maximum absolute atomic E-state index is 11.6. The lowest BCUT2D eigenvalue weighted by Gasteiger charge is -1.97. The third-order valence-electron chi connectivity index (χ3n) is 2.21. The van der Waals surface area contributed by atoms with Crippen LogP contribution in [0, 0.1) is 6.92 Å². The minimum Gasteiger partial charge on any atom is -0.282 e. The largest absolute Gasteiger partial charge is 0.291 e. The van der Waals surface area contributed by atoms with Gasteiger partial charge in [-0.25, -0.2) is 5.43 Å². The molecule has 1 aromatic heterocycles. The van der Waals surface area contributed by atoms with Gasteiger partial charge in [-0.2, -0.15) is 10.2 Å². The van der Waals surface area contributed by atoms with E-state index in [1.807, 2.05) is 19.1 Å². The lowest BCUT2D eigenvalue weighted by atomic mass is 10.2. The Kier molecular flexibility index (Phi) is 3.74. The summed E-state index contributed by atoms with van der Waals surface area (Å²) in [5.41, 5.74) is 4.22. The minimum absolute atomic E-state index is 0.295. The zero-order valence-electron chi connectivity index (χ0n) is 9.64. The molecule has 92 valence electrons. The molecule has 0 atom stereocenters. The Morgan fingerprint density at radius 2 is 2.28 bits per heavy atom. The Morgan fingerprint density at radius 1 is 1.50 bits per heavy atom. The number of nitrogens with one attached hydrogen (secondary N) is 2. The van der Waals surface area contributed by atoms with E-state index in [9.17, 15) is 4.79 Å². The summed E-state index contributed by atoms with van der Waals surface area (Å²) in [6, 6.07) is 8.86. The van der Waals surface area contributed by atoms with Crippen molar-refractivity contribution in [2.75, 3.05) is 0 Å². The smallest absolute Gasteiger partial charge is 0.282 e. The molecule has 0 aliphatic carbocycles. The fourth-order valence-electron chi connectivity index (χ4n) is 1.33. The van der Waals surface area contributed by atoms with Crippen molar-refractivity contribution in [2.24, 2.45) is 5.10 Å². The number of benzene rings is 1. The molecule has 0 radical (unpaired) electrons. The zero-order chi connectivity index (χ0) is 13.0. The van der Waals surface area contributed by atoms with Gasteiger partial charge in [-0.05, 0) is 19.1 Å². The van der Waals surface area contributed by atoms with E-state index in [0.717, 1.165) is 11.3 Å². The SMILES string of the molecule is Cc1cc(C(=O)NN=Cc2ccccc2Cl)n[nH]1. The van der Waals surface area contributed by atoms with Gasteiger partial charge in [-0.15, -0.1) is 0 Å². The highest BCUT2D eigenvalue weighted by molar-refractivity contribution is 6.33. The second-order valence-electron chi connectivity index (χ2n) is 3.66. The van der Waals surface area contributed by atoms with E-state index in [1.165, 1.54) is 6.21 Å². The van der Waals surface area contributed by atoms with Crippen molar-refractivity contribution in [3.63, 3.8) is 0 Å². The number of carbonyl (C=O) groups excluding carboxylic acids is 1. The van der Waals surface area contributed by atoms with Crippen molar-refractivity contribution >= 4 is 23.7 Å². The molecule has 0 aliphatic rings. The zero-order valence-corrected chi connectivity index (χ0v) is 10.4. The molecule has 0 fully saturated rings. The molecule has 18 heavy (non-hydrogen) atoms. The average molecular weight is 263 g/mol. The summed E-state index contributed by atoms with van der Waals surface area (Å²) in [7, 11) is 0. The first-order chi connectivity index (χ1) is 8.66. The third-order valence-corrected chi connectivity index (χ3v) is 2.56. The van der Waals surface area contributed by atoms with Gasteiger partial charge < -0.3 is 0 Å². The first-order valence-corrected chi connectivity index (χ1v) is 5.64. The Labute approximate surface area is 109 Å². The van der Waals surface area contributed by atoms with Crippen LogP contribution in [0.4, 0.5) is 0 Å². The Balaban J connectivity index is 2.00. The summed E-state index contributed by atoms with van der Waals surface area (Å²) in [6.07, 6.45) is 1.49. The summed E-state index contributed by atoms with van der Waals surface area (Å²) in [5.74, 6) is -0.373. The van der Waals surface area contributed by atoms with Crippen LogP contribution in [-0.2, 0) is 0 Å². The average Bonchev–Trinajstić information content (AvgIpc) is 2.78. The molecular weight excluding hydrogens is 252 g/mol. The van der Waals surface area contributed by atoms with Crippen molar-refractivity contribution in [1.82, 2.24) is 15.6 Å². The summed E-state index contributed by atoms with van der Waals surface area (Å²) in [5, 5.41) is 10.9. The molecule has 1 amide bonds. The summed E-state index contributed by atoms with van der Waals surface area (Å²) in [4.78, 5) is 11.6. The van der Waals surface area contributed by atoms with Gasteiger partial charge in [0.25, 0.3) is 5.91 Å². The van der Waals surface area contributed by atoms with Crippen LogP contribution in [0.15, 0.2) is 35.4 Å². The number of rotatable bonds is 3. The first-order valence-electron chi connectivity index (χ1n) is 5.27. The van der Waals surface area contributed by atoms with Crippen molar-refractivity contribution in [1.29, 1.82) is 0 Å². The van der Waals surface area contributed by atoms with E-state index in [1.54, 1.807) is 18.2 Å². The maximum Gasteiger partial charge on any atom is 0.291 e. The van der Waals surface area contributed by atoms with E-state index in [0.29, 0.717) is 10.7 Å². The Hall–Kier alpha value is -2.14. The molecule has 0 aliphatic heterocycles. The minimum atomic E-state index is -0.373. The van der Waals surface area contributed by atoms with Gasteiger partial charge in [0.1, 0.15) is 0 Å². The highest BCUT2D eigenvalue weighted by Crippen LogP contribution is 2.12. The lowest BCUT2D eigenvalue weighted by molar-refractivity contribution is 0.0950. The number of aromatic nitrogens is 2.